The standard InChI is InChI=1S/C31H35N5O6S/c1-19(2)43(41,42)27-14-12-23(15-22(27)17-32-3)35-28(37)6-4-5-20-7-9-21(10-8-20)29(31(39)40)36-24-11-13-26-25(16-24)30(38)34-18-33-26/h7-16,18-19,29,32,36H,4-6,17H2,1-3H3,(H,35,37)(H,39,40)(H,33,34,38). The molecular weight excluding hydrogens is 570 g/mol. The number of aliphatic carboxylic acids is 1. The molecule has 0 aliphatic rings. The summed E-state index contributed by atoms with van der Waals surface area (Å²) in [5, 5.41) is 18.4. The maximum atomic E-state index is 12.7. The van der Waals surface area contributed by atoms with E-state index in [1.54, 1.807) is 63.4 Å². The van der Waals surface area contributed by atoms with Gasteiger partial charge in [-0.3, -0.25) is 9.59 Å². The van der Waals surface area contributed by atoms with Gasteiger partial charge in [0.15, 0.2) is 15.9 Å². The number of H-pyrrole nitrogens is 1. The van der Waals surface area contributed by atoms with E-state index in [1.807, 2.05) is 12.1 Å². The summed E-state index contributed by atoms with van der Waals surface area (Å²) in [6.45, 7) is 3.62. The van der Waals surface area contributed by atoms with Crippen molar-refractivity contribution >= 4 is 44.0 Å². The van der Waals surface area contributed by atoms with Crippen LogP contribution in [0.4, 0.5) is 11.4 Å². The summed E-state index contributed by atoms with van der Waals surface area (Å²) in [5.74, 6) is -1.26. The van der Waals surface area contributed by atoms with Crippen molar-refractivity contribution in [3.05, 3.63) is 94.0 Å². The maximum absolute atomic E-state index is 12.7. The molecule has 43 heavy (non-hydrogen) atoms. The molecule has 1 aromatic heterocycles. The molecule has 0 aliphatic heterocycles. The Morgan fingerprint density at radius 2 is 1.72 bits per heavy atom. The number of hydrogen-bond donors (Lipinski definition) is 5. The van der Waals surface area contributed by atoms with Crippen LogP contribution in [0.1, 0.15) is 49.4 Å². The van der Waals surface area contributed by atoms with Gasteiger partial charge in [-0.05, 0) is 86.8 Å². The lowest BCUT2D eigenvalue weighted by Crippen LogP contribution is -2.20. The number of carboxylic acids is 1. The normalized spacial score (nSPS) is 12.3. The van der Waals surface area contributed by atoms with Gasteiger partial charge < -0.3 is 26.0 Å². The number of aromatic amines is 1. The highest BCUT2D eigenvalue weighted by molar-refractivity contribution is 7.92. The Bertz CT molecular complexity index is 1780. The minimum atomic E-state index is -3.46. The second-order valence-electron chi connectivity index (χ2n) is 10.5. The number of anilines is 2. The lowest BCUT2D eigenvalue weighted by Gasteiger charge is -2.17. The van der Waals surface area contributed by atoms with E-state index in [1.165, 1.54) is 12.4 Å². The predicted molar refractivity (Wildman–Crippen MR) is 166 cm³/mol. The smallest absolute Gasteiger partial charge is 0.330 e. The van der Waals surface area contributed by atoms with E-state index >= 15 is 0 Å². The second-order valence-corrected chi connectivity index (χ2v) is 12.9. The van der Waals surface area contributed by atoms with Gasteiger partial charge in [-0.1, -0.05) is 24.3 Å². The zero-order valence-electron chi connectivity index (χ0n) is 24.2. The Hall–Kier alpha value is -4.55. The van der Waals surface area contributed by atoms with Crippen molar-refractivity contribution in [2.45, 2.75) is 55.8 Å². The number of rotatable bonds is 13. The Morgan fingerprint density at radius 1 is 1.00 bits per heavy atom. The first kappa shape index (κ1) is 31.4. The van der Waals surface area contributed by atoms with E-state index in [0.29, 0.717) is 52.8 Å². The molecule has 1 amide bonds. The van der Waals surface area contributed by atoms with Crippen LogP contribution in [0, 0.1) is 0 Å². The average molecular weight is 606 g/mol. The Balaban J connectivity index is 1.35. The van der Waals surface area contributed by atoms with Gasteiger partial charge in [0.25, 0.3) is 5.56 Å². The Morgan fingerprint density at radius 3 is 2.40 bits per heavy atom. The highest BCUT2D eigenvalue weighted by Gasteiger charge is 2.23. The van der Waals surface area contributed by atoms with Crippen molar-refractivity contribution in [1.29, 1.82) is 0 Å². The number of aromatic nitrogens is 2. The van der Waals surface area contributed by atoms with Crippen LogP contribution in [0.5, 0.6) is 0 Å². The number of sulfone groups is 1. The van der Waals surface area contributed by atoms with Gasteiger partial charge in [0, 0.05) is 24.3 Å². The van der Waals surface area contributed by atoms with Gasteiger partial charge in [0.1, 0.15) is 0 Å². The average Bonchev–Trinajstić information content (AvgIpc) is 2.97. The van der Waals surface area contributed by atoms with Crippen molar-refractivity contribution < 1.29 is 23.1 Å². The SMILES string of the molecule is CNCc1cc(NC(=O)CCCc2ccc(C(Nc3ccc4nc[nH]c(=O)c4c3)C(=O)O)cc2)ccc1S(=O)(=O)C(C)C. The molecule has 0 radical (unpaired) electrons. The number of aryl methyl sites for hydroxylation is 1. The van der Waals surface area contributed by atoms with Crippen LogP contribution in [-0.4, -0.2) is 47.7 Å². The molecule has 4 aromatic rings. The summed E-state index contributed by atoms with van der Waals surface area (Å²) in [5.41, 5.74) is 3.27. The molecule has 4 rings (SSSR count). The summed E-state index contributed by atoms with van der Waals surface area (Å²) in [6.07, 6.45) is 2.74. The zero-order valence-corrected chi connectivity index (χ0v) is 25.0. The van der Waals surface area contributed by atoms with Gasteiger partial charge in [-0.15, -0.1) is 0 Å². The number of amides is 1. The van der Waals surface area contributed by atoms with Crippen LogP contribution < -0.4 is 21.5 Å². The molecule has 0 spiro atoms. The molecule has 0 bridgehead atoms. The van der Waals surface area contributed by atoms with Crippen LogP contribution in [0.25, 0.3) is 10.9 Å². The van der Waals surface area contributed by atoms with Crippen LogP contribution in [0.15, 0.2) is 76.7 Å². The molecule has 5 N–H and O–H groups in total. The predicted octanol–water partition coefficient (Wildman–Crippen LogP) is 4.02. The van der Waals surface area contributed by atoms with Crippen LogP contribution in [0.3, 0.4) is 0 Å². The number of carbonyl (C=O) groups is 2. The summed E-state index contributed by atoms with van der Waals surface area (Å²) in [7, 11) is -1.73. The number of nitrogens with one attached hydrogen (secondary N) is 4. The monoisotopic (exact) mass is 605 g/mol. The summed E-state index contributed by atoms with van der Waals surface area (Å²) in [4.78, 5) is 43.6. The molecule has 0 fully saturated rings. The summed E-state index contributed by atoms with van der Waals surface area (Å²) >= 11 is 0. The van der Waals surface area contributed by atoms with Crippen molar-refractivity contribution in [2.24, 2.45) is 0 Å². The third-order valence-corrected chi connectivity index (χ3v) is 9.27. The minimum absolute atomic E-state index is 0.189. The van der Waals surface area contributed by atoms with E-state index in [9.17, 15) is 27.9 Å². The molecule has 1 unspecified atom stereocenters. The number of benzene rings is 3. The molecule has 0 saturated heterocycles. The molecule has 1 heterocycles. The molecule has 1 atom stereocenters. The number of carboxylic acid groups (broad SMARTS) is 1. The fraction of sp³-hybridized carbons (Fsp3) is 0.290. The van der Waals surface area contributed by atoms with Gasteiger partial charge in [-0.25, -0.2) is 18.2 Å². The first-order chi connectivity index (χ1) is 20.5. The largest absolute Gasteiger partial charge is 0.479 e. The van der Waals surface area contributed by atoms with E-state index < -0.39 is 27.1 Å². The first-order valence-electron chi connectivity index (χ1n) is 13.9. The summed E-state index contributed by atoms with van der Waals surface area (Å²) < 4.78 is 25.4. The number of nitrogens with zero attached hydrogens (tertiary/aromatic N) is 1. The lowest BCUT2D eigenvalue weighted by molar-refractivity contribution is -0.138. The third-order valence-electron chi connectivity index (χ3n) is 7.02. The Kier molecular flexibility index (Phi) is 9.94. The number of hydrogen-bond acceptors (Lipinski definition) is 8. The third kappa shape index (κ3) is 7.65. The Labute approximate surface area is 249 Å². The van der Waals surface area contributed by atoms with Gasteiger partial charge in [-0.2, -0.15) is 0 Å². The minimum Gasteiger partial charge on any atom is -0.479 e. The van der Waals surface area contributed by atoms with Crippen molar-refractivity contribution in [2.75, 3.05) is 17.7 Å². The molecule has 0 saturated carbocycles. The molecule has 226 valence electrons. The van der Waals surface area contributed by atoms with Gasteiger partial charge >= 0.3 is 5.97 Å². The van der Waals surface area contributed by atoms with E-state index in [-0.39, 0.29) is 22.8 Å². The highest BCUT2D eigenvalue weighted by atomic mass is 32.2. The summed E-state index contributed by atoms with van der Waals surface area (Å²) in [6, 6.07) is 15.8. The van der Waals surface area contributed by atoms with E-state index in [4.69, 9.17) is 0 Å². The van der Waals surface area contributed by atoms with Gasteiger partial charge in [0.05, 0.1) is 27.4 Å². The zero-order chi connectivity index (χ0) is 31.1. The van der Waals surface area contributed by atoms with E-state index in [0.717, 1.165) is 5.56 Å². The number of fused-ring (bicyclic) bond motifs is 1. The molecule has 12 heteroatoms. The van der Waals surface area contributed by atoms with Crippen LogP contribution in [0.2, 0.25) is 0 Å². The fourth-order valence-corrected chi connectivity index (χ4v) is 5.95. The molecule has 11 nitrogen and oxygen atoms in total. The topological polar surface area (TPSA) is 170 Å². The van der Waals surface area contributed by atoms with Crippen LogP contribution in [-0.2, 0) is 32.4 Å². The quantitative estimate of drug-likeness (QED) is 0.151. The highest BCUT2D eigenvalue weighted by Crippen LogP contribution is 2.25. The molecule has 0 aliphatic carbocycles. The van der Waals surface area contributed by atoms with Crippen molar-refractivity contribution in [3.63, 3.8) is 0 Å². The second kappa shape index (κ2) is 13.6. The lowest BCUT2D eigenvalue weighted by atomic mass is 10.0. The fourth-order valence-electron chi connectivity index (χ4n) is 4.68. The van der Waals surface area contributed by atoms with Crippen molar-refractivity contribution in [3.8, 4) is 0 Å². The maximum Gasteiger partial charge on any atom is 0.330 e. The van der Waals surface area contributed by atoms with Crippen LogP contribution >= 0.6 is 0 Å². The molecule has 3 aromatic carbocycles. The van der Waals surface area contributed by atoms with E-state index in [2.05, 4.69) is 25.9 Å². The van der Waals surface area contributed by atoms with Gasteiger partial charge in [0.2, 0.25) is 5.91 Å². The molecular formula is C31H35N5O6S. The van der Waals surface area contributed by atoms with Crippen molar-refractivity contribution in [1.82, 2.24) is 15.3 Å². The first-order valence-corrected chi connectivity index (χ1v) is 15.4. The number of carbonyl (C=O) groups excluding carboxylic acids is 1.